The van der Waals surface area contributed by atoms with Gasteiger partial charge in [0.05, 0.1) is 10.9 Å². The summed E-state index contributed by atoms with van der Waals surface area (Å²) in [5.41, 5.74) is -0.350. The smallest absolute Gasteiger partial charge is 0.395 e. The molecule has 0 radical (unpaired) electrons. The Bertz CT molecular complexity index is 1240. The van der Waals surface area contributed by atoms with E-state index in [-0.39, 0.29) is 33.6 Å². The minimum atomic E-state index is -3.84. The number of benzene rings is 1. The van der Waals surface area contributed by atoms with Crippen molar-refractivity contribution in [2.75, 3.05) is 26.2 Å². The third-order valence-electron chi connectivity index (χ3n) is 5.34. The maximum atomic E-state index is 13.5. The molecule has 0 aliphatic carbocycles. The average Bonchev–Trinajstić information content (AvgIpc) is 3.40. The van der Waals surface area contributed by atoms with Gasteiger partial charge in [-0.1, -0.05) is 20.3 Å². The number of hydrogen-bond acceptors (Lipinski definition) is 6. The second kappa shape index (κ2) is 9.30. The third-order valence-corrected chi connectivity index (χ3v) is 5.34. The molecule has 0 bridgehead atoms. The van der Waals surface area contributed by atoms with Crippen molar-refractivity contribution in [1.29, 1.82) is 0 Å². The van der Waals surface area contributed by atoms with Gasteiger partial charge in [-0.05, 0) is 50.2 Å². The van der Waals surface area contributed by atoms with E-state index in [0.29, 0.717) is 6.54 Å². The van der Waals surface area contributed by atoms with E-state index in [1.54, 1.807) is 6.07 Å². The average molecular weight is 460 g/mol. The predicted octanol–water partition coefficient (Wildman–Crippen LogP) is 3.41. The van der Waals surface area contributed by atoms with Crippen LogP contribution in [0.4, 0.5) is 8.78 Å². The molecule has 2 aliphatic heterocycles. The highest BCUT2D eigenvalue weighted by atomic mass is 19.3. The van der Waals surface area contributed by atoms with Crippen LogP contribution in [-0.2, 0) is 0 Å². The van der Waals surface area contributed by atoms with Gasteiger partial charge in [0, 0.05) is 19.3 Å². The molecule has 2 aromatic heterocycles. The fourth-order valence-electron chi connectivity index (χ4n) is 3.90. The zero-order chi connectivity index (χ0) is 23.6. The van der Waals surface area contributed by atoms with Crippen molar-refractivity contribution in [3.05, 3.63) is 46.4 Å². The maximum absolute atomic E-state index is 13.5. The Morgan fingerprint density at radius 1 is 1.18 bits per heavy atom. The van der Waals surface area contributed by atoms with E-state index >= 15 is 0 Å². The number of nitrogens with zero attached hydrogens (tertiary/aromatic N) is 3. The number of rotatable bonds is 4. The Morgan fingerprint density at radius 3 is 2.64 bits per heavy atom. The van der Waals surface area contributed by atoms with Crippen molar-refractivity contribution in [3.8, 4) is 11.5 Å². The van der Waals surface area contributed by atoms with Crippen LogP contribution in [0.2, 0.25) is 0 Å². The first kappa shape index (κ1) is 22.9. The van der Waals surface area contributed by atoms with Gasteiger partial charge in [-0.2, -0.15) is 0 Å². The second-order valence-electron chi connectivity index (χ2n) is 8.00. The van der Waals surface area contributed by atoms with Crippen LogP contribution in [0, 0.1) is 0 Å². The van der Waals surface area contributed by atoms with Gasteiger partial charge in [-0.25, -0.2) is 4.98 Å². The van der Waals surface area contributed by atoms with Crippen molar-refractivity contribution < 1.29 is 23.0 Å². The lowest BCUT2D eigenvalue weighted by atomic mass is 10.2. The Balaban J connectivity index is 0.000000821. The molecule has 4 heterocycles. The quantitative estimate of drug-likeness (QED) is 0.601. The normalized spacial score (nSPS) is 16.6. The Morgan fingerprint density at radius 2 is 1.91 bits per heavy atom. The van der Waals surface area contributed by atoms with Crippen LogP contribution in [0.3, 0.4) is 0 Å². The SMILES string of the molecule is CCC.O=C(NCCN1CCCC1)c1cccn2c(=O)c3ccc4c(c3nc12)OC(F)(F)O4. The third kappa shape index (κ3) is 4.61. The summed E-state index contributed by atoms with van der Waals surface area (Å²) in [6.45, 7) is 7.48. The Hall–Kier alpha value is -3.27. The molecule has 0 unspecified atom stereocenters. The van der Waals surface area contributed by atoms with Crippen LogP contribution in [0.1, 0.15) is 43.5 Å². The van der Waals surface area contributed by atoms with Crippen molar-refractivity contribution in [3.63, 3.8) is 0 Å². The number of carbonyl (C=O) groups is 1. The molecule has 1 amide bonds. The summed E-state index contributed by atoms with van der Waals surface area (Å²) >= 11 is 0. The zero-order valence-corrected chi connectivity index (χ0v) is 18.6. The number of halogens is 2. The van der Waals surface area contributed by atoms with Gasteiger partial charge in [0.15, 0.2) is 17.1 Å². The standard InChI is InChI=1S/C20H18F2N4O4.C3H8/c21-20(22)29-14-6-5-12-15(16(14)30-20)24-17-13(4-3-10-26(17)19(12)28)18(27)23-7-11-25-8-1-2-9-25;1-3-2/h3-6,10H,1-2,7-9,11H2,(H,23,27);3H2,1-2H3. The number of pyridine rings is 1. The lowest BCUT2D eigenvalue weighted by molar-refractivity contribution is -0.286. The summed E-state index contributed by atoms with van der Waals surface area (Å²) < 4.78 is 37.3. The number of ether oxygens (including phenoxy) is 2. The van der Waals surface area contributed by atoms with Gasteiger partial charge in [-0.15, -0.1) is 8.78 Å². The highest BCUT2D eigenvalue weighted by molar-refractivity contribution is 6.01. The van der Waals surface area contributed by atoms with Crippen molar-refractivity contribution in [2.45, 2.75) is 39.4 Å². The highest BCUT2D eigenvalue weighted by Gasteiger charge is 2.44. The second-order valence-corrected chi connectivity index (χ2v) is 8.00. The minimum absolute atomic E-state index is 0.0564. The fraction of sp³-hybridized carbons (Fsp3) is 0.435. The molecule has 1 saturated heterocycles. The van der Waals surface area contributed by atoms with E-state index in [9.17, 15) is 18.4 Å². The summed E-state index contributed by atoms with van der Waals surface area (Å²) in [5, 5.41) is 2.92. The molecule has 1 N–H and O–H groups in total. The number of amides is 1. The van der Waals surface area contributed by atoms with E-state index in [4.69, 9.17) is 0 Å². The minimum Gasteiger partial charge on any atom is -0.395 e. The summed E-state index contributed by atoms with van der Waals surface area (Å²) in [7, 11) is 0. The van der Waals surface area contributed by atoms with Crippen LogP contribution >= 0.6 is 0 Å². The van der Waals surface area contributed by atoms with Crippen LogP contribution in [-0.4, -0.2) is 52.7 Å². The van der Waals surface area contributed by atoms with Gasteiger partial charge in [0.25, 0.3) is 11.5 Å². The molecule has 10 heteroatoms. The Labute approximate surface area is 189 Å². The number of nitrogens with one attached hydrogen (secondary N) is 1. The van der Waals surface area contributed by atoms with Crippen molar-refractivity contribution >= 4 is 22.5 Å². The maximum Gasteiger partial charge on any atom is 0.586 e. The topological polar surface area (TPSA) is 85.2 Å². The van der Waals surface area contributed by atoms with Gasteiger partial charge in [0.2, 0.25) is 0 Å². The molecule has 2 aliphatic rings. The van der Waals surface area contributed by atoms with Crippen LogP contribution < -0.4 is 20.3 Å². The molecule has 33 heavy (non-hydrogen) atoms. The molecule has 0 saturated carbocycles. The first-order valence-corrected chi connectivity index (χ1v) is 11.1. The first-order valence-electron chi connectivity index (χ1n) is 11.1. The van der Waals surface area contributed by atoms with E-state index in [2.05, 4.69) is 38.5 Å². The molecule has 0 atom stereocenters. The van der Waals surface area contributed by atoms with E-state index in [1.807, 2.05) is 0 Å². The molecule has 8 nitrogen and oxygen atoms in total. The van der Waals surface area contributed by atoms with E-state index in [0.717, 1.165) is 32.5 Å². The number of likely N-dealkylation sites (tertiary alicyclic amines) is 1. The summed E-state index contributed by atoms with van der Waals surface area (Å²) in [5.74, 6) is -0.925. The summed E-state index contributed by atoms with van der Waals surface area (Å²) in [6.07, 6.45) is 1.21. The molecular weight excluding hydrogens is 434 g/mol. The largest absolute Gasteiger partial charge is 0.586 e. The number of alkyl halides is 2. The molecule has 176 valence electrons. The van der Waals surface area contributed by atoms with Crippen LogP contribution in [0.25, 0.3) is 16.6 Å². The lowest BCUT2D eigenvalue weighted by Crippen LogP contribution is -2.34. The number of fused-ring (bicyclic) bond motifs is 4. The van der Waals surface area contributed by atoms with Crippen molar-refractivity contribution in [2.24, 2.45) is 0 Å². The molecule has 5 rings (SSSR count). The lowest BCUT2D eigenvalue weighted by Gasteiger charge is -2.15. The van der Waals surface area contributed by atoms with E-state index < -0.39 is 17.8 Å². The van der Waals surface area contributed by atoms with Crippen LogP contribution in [0.5, 0.6) is 11.5 Å². The molecule has 1 fully saturated rings. The Kier molecular flexibility index (Phi) is 6.46. The van der Waals surface area contributed by atoms with E-state index in [1.165, 1.54) is 35.2 Å². The van der Waals surface area contributed by atoms with Gasteiger partial charge >= 0.3 is 6.29 Å². The molecule has 1 aromatic carbocycles. The monoisotopic (exact) mass is 460 g/mol. The number of hydrogen-bond donors (Lipinski definition) is 1. The zero-order valence-electron chi connectivity index (χ0n) is 18.6. The summed E-state index contributed by atoms with van der Waals surface area (Å²) in [4.78, 5) is 32.3. The highest BCUT2D eigenvalue weighted by Crippen LogP contribution is 2.44. The van der Waals surface area contributed by atoms with Gasteiger partial charge < -0.3 is 19.7 Å². The van der Waals surface area contributed by atoms with Gasteiger partial charge in [0.1, 0.15) is 5.52 Å². The number of carbonyl (C=O) groups excluding carboxylic acids is 1. The van der Waals surface area contributed by atoms with Gasteiger partial charge in [-0.3, -0.25) is 14.0 Å². The number of aromatic nitrogens is 2. The molecule has 3 aromatic rings. The van der Waals surface area contributed by atoms with Crippen LogP contribution in [0.15, 0.2) is 35.3 Å². The predicted molar refractivity (Wildman–Crippen MR) is 119 cm³/mol. The molecular formula is C23H26F2N4O4. The fourth-order valence-corrected chi connectivity index (χ4v) is 3.90. The molecule has 0 spiro atoms. The van der Waals surface area contributed by atoms with Crippen molar-refractivity contribution in [1.82, 2.24) is 19.6 Å². The first-order chi connectivity index (χ1) is 15.8. The summed E-state index contributed by atoms with van der Waals surface area (Å²) in [6, 6.07) is 5.69.